The van der Waals surface area contributed by atoms with Crippen molar-refractivity contribution in [1.82, 2.24) is 15.1 Å². The Bertz CT molecular complexity index is 281. The second kappa shape index (κ2) is 6.55. The van der Waals surface area contributed by atoms with Crippen LogP contribution in [0.1, 0.15) is 40.5 Å². The van der Waals surface area contributed by atoms with E-state index in [4.69, 9.17) is 0 Å². The average Bonchev–Trinajstić information content (AvgIpc) is 2.37. The van der Waals surface area contributed by atoms with Crippen LogP contribution < -0.4 is 5.32 Å². The van der Waals surface area contributed by atoms with Crippen LogP contribution in [0.5, 0.6) is 0 Å². The van der Waals surface area contributed by atoms with Crippen molar-refractivity contribution < 1.29 is 0 Å². The topological polar surface area (TPSA) is 18.5 Å². The molecule has 2 fully saturated rings. The van der Waals surface area contributed by atoms with Gasteiger partial charge in [-0.1, -0.05) is 20.8 Å². The molecule has 5 unspecified atom stereocenters. The van der Waals surface area contributed by atoms with E-state index in [0.717, 1.165) is 30.5 Å². The largest absolute Gasteiger partial charge is 0.314 e. The van der Waals surface area contributed by atoms with E-state index in [9.17, 15) is 0 Å². The van der Waals surface area contributed by atoms with Crippen LogP contribution in [0.15, 0.2) is 0 Å². The first-order valence-electron chi connectivity index (χ1n) is 8.22. The zero-order valence-corrected chi connectivity index (χ0v) is 13.5. The molecule has 3 heteroatoms. The van der Waals surface area contributed by atoms with Crippen LogP contribution in [0.3, 0.4) is 0 Å². The number of nitrogens with zero attached hydrogens (tertiary/aromatic N) is 2. The quantitative estimate of drug-likeness (QED) is 0.844. The molecule has 2 aliphatic heterocycles. The molecule has 2 saturated heterocycles. The number of likely N-dealkylation sites (tertiary alicyclic amines) is 2. The van der Waals surface area contributed by atoms with E-state index in [2.05, 4.69) is 49.9 Å². The minimum Gasteiger partial charge on any atom is -0.314 e. The summed E-state index contributed by atoms with van der Waals surface area (Å²) in [5, 5.41) is 3.67. The van der Waals surface area contributed by atoms with Crippen molar-refractivity contribution in [3.8, 4) is 0 Å². The summed E-state index contributed by atoms with van der Waals surface area (Å²) in [5.74, 6) is 1.57. The van der Waals surface area contributed by atoms with E-state index >= 15 is 0 Å². The predicted molar refractivity (Wildman–Crippen MR) is 82.5 cm³/mol. The van der Waals surface area contributed by atoms with Crippen molar-refractivity contribution in [1.29, 1.82) is 0 Å². The Morgan fingerprint density at radius 1 is 1.11 bits per heavy atom. The highest BCUT2D eigenvalue weighted by Crippen LogP contribution is 2.31. The smallest absolute Gasteiger partial charge is 0.0148 e. The molecule has 0 aromatic heterocycles. The monoisotopic (exact) mass is 267 g/mol. The maximum absolute atomic E-state index is 3.67. The molecule has 2 heterocycles. The van der Waals surface area contributed by atoms with E-state index in [-0.39, 0.29) is 0 Å². The molecule has 0 radical (unpaired) electrons. The van der Waals surface area contributed by atoms with E-state index in [1.807, 2.05) is 0 Å². The maximum atomic E-state index is 3.67. The number of rotatable bonds is 3. The first kappa shape index (κ1) is 15.3. The zero-order chi connectivity index (χ0) is 14.0. The maximum Gasteiger partial charge on any atom is 0.0148 e. The zero-order valence-electron chi connectivity index (χ0n) is 13.5. The van der Waals surface area contributed by atoms with Crippen LogP contribution in [0.2, 0.25) is 0 Å². The summed E-state index contributed by atoms with van der Waals surface area (Å²) >= 11 is 0. The molecular formula is C16H33N3. The Morgan fingerprint density at radius 2 is 1.84 bits per heavy atom. The fraction of sp³-hybridized carbons (Fsp3) is 1.00. The Balaban J connectivity index is 1.98. The minimum absolute atomic E-state index is 0.716. The van der Waals surface area contributed by atoms with Crippen LogP contribution in [0.25, 0.3) is 0 Å². The van der Waals surface area contributed by atoms with Gasteiger partial charge in [0.1, 0.15) is 0 Å². The molecule has 19 heavy (non-hydrogen) atoms. The second-order valence-electron chi connectivity index (χ2n) is 6.89. The molecule has 2 aliphatic rings. The molecule has 1 N–H and O–H groups in total. The number of hydrogen-bond donors (Lipinski definition) is 1. The Labute approximate surface area is 119 Å². The van der Waals surface area contributed by atoms with Gasteiger partial charge in [0.05, 0.1) is 0 Å². The Hall–Kier alpha value is -0.120. The number of hydrogen-bond acceptors (Lipinski definition) is 3. The summed E-state index contributed by atoms with van der Waals surface area (Å²) in [6, 6.07) is 2.24. The summed E-state index contributed by atoms with van der Waals surface area (Å²) in [4.78, 5) is 5.30. The molecule has 0 aromatic carbocycles. The molecule has 3 nitrogen and oxygen atoms in total. The lowest BCUT2D eigenvalue weighted by atomic mass is 9.82. The summed E-state index contributed by atoms with van der Waals surface area (Å²) in [6.07, 6.45) is 2.67. The lowest BCUT2D eigenvalue weighted by molar-refractivity contribution is -0.00207. The van der Waals surface area contributed by atoms with Gasteiger partial charge in [-0.25, -0.2) is 0 Å². The third-order valence-electron chi connectivity index (χ3n) is 5.57. The third-order valence-corrected chi connectivity index (χ3v) is 5.57. The van der Waals surface area contributed by atoms with Crippen LogP contribution in [0.4, 0.5) is 0 Å². The molecule has 0 aromatic rings. The first-order valence-corrected chi connectivity index (χ1v) is 8.22. The fourth-order valence-electron chi connectivity index (χ4n) is 4.25. The molecule has 0 amide bonds. The summed E-state index contributed by atoms with van der Waals surface area (Å²) in [5.41, 5.74) is 0. The van der Waals surface area contributed by atoms with E-state index in [1.165, 1.54) is 32.5 Å². The average molecular weight is 267 g/mol. The van der Waals surface area contributed by atoms with Crippen molar-refractivity contribution >= 4 is 0 Å². The molecule has 0 aliphatic carbocycles. The Morgan fingerprint density at radius 3 is 2.47 bits per heavy atom. The van der Waals surface area contributed by atoms with Crippen molar-refractivity contribution in [2.75, 3.05) is 33.2 Å². The highest BCUT2D eigenvalue weighted by atomic mass is 15.2. The van der Waals surface area contributed by atoms with E-state index in [1.54, 1.807) is 0 Å². The number of nitrogens with one attached hydrogen (secondary N) is 1. The van der Waals surface area contributed by atoms with Gasteiger partial charge in [-0.15, -0.1) is 0 Å². The molecule has 2 rings (SSSR count). The summed E-state index contributed by atoms with van der Waals surface area (Å²) in [7, 11) is 2.26. The normalized spacial score (nSPS) is 42.5. The van der Waals surface area contributed by atoms with Crippen LogP contribution in [0, 0.1) is 11.8 Å². The van der Waals surface area contributed by atoms with Gasteiger partial charge >= 0.3 is 0 Å². The van der Waals surface area contributed by atoms with E-state index in [0.29, 0.717) is 6.04 Å². The first-order chi connectivity index (χ1) is 9.04. The molecule has 0 bridgehead atoms. The Kier molecular flexibility index (Phi) is 5.27. The van der Waals surface area contributed by atoms with Crippen LogP contribution in [-0.4, -0.2) is 61.2 Å². The highest BCUT2D eigenvalue weighted by Gasteiger charge is 2.38. The molecule has 112 valence electrons. The van der Waals surface area contributed by atoms with E-state index < -0.39 is 0 Å². The van der Waals surface area contributed by atoms with Gasteiger partial charge in [0, 0.05) is 31.2 Å². The highest BCUT2D eigenvalue weighted by molar-refractivity contribution is 4.94. The molecule has 0 spiro atoms. The minimum atomic E-state index is 0.716. The van der Waals surface area contributed by atoms with Gasteiger partial charge in [0.2, 0.25) is 0 Å². The lowest BCUT2D eigenvalue weighted by Crippen LogP contribution is -2.59. The SMILES string of the molecule is CCNC1CCN(C2CCN(C)CC2C)C(C)C1C. The molecular weight excluding hydrogens is 234 g/mol. The second-order valence-corrected chi connectivity index (χ2v) is 6.89. The van der Waals surface area contributed by atoms with Crippen molar-refractivity contribution in [3.63, 3.8) is 0 Å². The fourth-order valence-corrected chi connectivity index (χ4v) is 4.25. The number of piperidine rings is 2. The van der Waals surface area contributed by atoms with Crippen molar-refractivity contribution in [2.24, 2.45) is 11.8 Å². The van der Waals surface area contributed by atoms with Gasteiger partial charge in [0.25, 0.3) is 0 Å². The van der Waals surface area contributed by atoms with Crippen molar-refractivity contribution in [2.45, 2.75) is 58.7 Å². The van der Waals surface area contributed by atoms with Crippen LogP contribution in [-0.2, 0) is 0 Å². The van der Waals surface area contributed by atoms with Crippen molar-refractivity contribution in [3.05, 3.63) is 0 Å². The summed E-state index contributed by atoms with van der Waals surface area (Å²) < 4.78 is 0. The van der Waals surface area contributed by atoms with Gasteiger partial charge in [-0.2, -0.15) is 0 Å². The summed E-state index contributed by atoms with van der Waals surface area (Å²) in [6.45, 7) is 14.5. The van der Waals surface area contributed by atoms with Crippen LogP contribution >= 0.6 is 0 Å². The van der Waals surface area contributed by atoms with Gasteiger partial charge in [0.15, 0.2) is 0 Å². The van der Waals surface area contributed by atoms with Gasteiger partial charge < -0.3 is 10.2 Å². The predicted octanol–water partition coefficient (Wildman–Crippen LogP) is 2.04. The lowest BCUT2D eigenvalue weighted by Gasteiger charge is -2.50. The standard InChI is InChI=1S/C16H33N3/c1-6-17-15-7-10-19(14(4)13(15)3)16-8-9-18(5)11-12(16)2/h12-17H,6-11H2,1-5H3. The van der Waals surface area contributed by atoms with Gasteiger partial charge in [-0.05, 0) is 51.7 Å². The van der Waals surface area contributed by atoms with Gasteiger partial charge in [-0.3, -0.25) is 4.90 Å². The molecule has 5 atom stereocenters. The molecule has 0 saturated carbocycles. The third kappa shape index (κ3) is 3.32.